The third-order valence-electron chi connectivity index (χ3n) is 4.05. The normalized spacial score (nSPS) is 39.8. The summed E-state index contributed by atoms with van der Waals surface area (Å²) in [4.78, 5) is 0. The minimum Gasteiger partial charge on any atom is -0.346 e. The van der Waals surface area contributed by atoms with Crippen molar-refractivity contribution in [2.75, 3.05) is 6.61 Å². The Morgan fingerprint density at radius 2 is 1.86 bits per heavy atom. The molecule has 118 valence electrons. The van der Waals surface area contributed by atoms with Gasteiger partial charge in [-0.15, -0.1) is 0 Å². The summed E-state index contributed by atoms with van der Waals surface area (Å²) < 4.78 is 29.1. The van der Waals surface area contributed by atoms with Crippen LogP contribution in [0.1, 0.15) is 19.4 Å². The molecule has 0 radical (unpaired) electrons. The molecule has 0 N–H and O–H groups in total. The van der Waals surface area contributed by atoms with Crippen LogP contribution in [0.2, 0.25) is 0 Å². The molecule has 3 aliphatic rings. The fourth-order valence-corrected chi connectivity index (χ4v) is 3.08. The van der Waals surface area contributed by atoms with Crippen LogP contribution in [-0.4, -0.2) is 43.3 Å². The van der Waals surface area contributed by atoms with E-state index in [2.05, 4.69) is 0 Å². The molecule has 0 unspecified atom stereocenters. The molecule has 22 heavy (non-hydrogen) atoms. The van der Waals surface area contributed by atoms with Crippen molar-refractivity contribution in [2.45, 2.75) is 50.5 Å². The first kappa shape index (κ1) is 14.4. The first-order valence-corrected chi connectivity index (χ1v) is 7.62. The summed E-state index contributed by atoms with van der Waals surface area (Å²) in [7, 11) is 0. The SMILES string of the molecule is CC1(C)O[C@H]2O[C@@H]3CO[C@H](/C=C/c4ccccc4)O[C@@H]3[C@H]2O1. The van der Waals surface area contributed by atoms with Crippen LogP contribution in [0.25, 0.3) is 6.08 Å². The average molecular weight is 304 g/mol. The molecule has 0 amide bonds. The van der Waals surface area contributed by atoms with Crippen molar-refractivity contribution in [3.63, 3.8) is 0 Å². The second-order valence-corrected chi connectivity index (χ2v) is 6.22. The third kappa shape index (κ3) is 2.71. The lowest BCUT2D eigenvalue weighted by molar-refractivity contribution is -0.270. The van der Waals surface area contributed by atoms with Gasteiger partial charge in [0.05, 0.1) is 6.61 Å². The molecule has 3 aliphatic heterocycles. The van der Waals surface area contributed by atoms with Gasteiger partial charge >= 0.3 is 0 Å². The molecule has 3 fully saturated rings. The quantitative estimate of drug-likeness (QED) is 0.839. The van der Waals surface area contributed by atoms with E-state index in [0.717, 1.165) is 5.56 Å². The molecule has 1 aromatic rings. The Morgan fingerprint density at radius 1 is 1.05 bits per heavy atom. The average Bonchev–Trinajstić information content (AvgIpc) is 2.98. The number of fused-ring (bicyclic) bond motifs is 3. The fourth-order valence-electron chi connectivity index (χ4n) is 3.08. The summed E-state index contributed by atoms with van der Waals surface area (Å²) in [6, 6.07) is 10.1. The van der Waals surface area contributed by atoms with Crippen LogP contribution in [-0.2, 0) is 23.7 Å². The van der Waals surface area contributed by atoms with Crippen LogP contribution in [0.4, 0.5) is 0 Å². The van der Waals surface area contributed by atoms with Crippen molar-refractivity contribution < 1.29 is 23.7 Å². The number of benzene rings is 1. The zero-order chi connectivity index (χ0) is 15.2. The fraction of sp³-hybridized carbons (Fsp3) is 0.529. The van der Waals surface area contributed by atoms with E-state index in [1.54, 1.807) is 0 Å². The van der Waals surface area contributed by atoms with Gasteiger partial charge in [0.15, 0.2) is 18.4 Å². The Balaban J connectivity index is 1.43. The van der Waals surface area contributed by atoms with E-state index in [-0.39, 0.29) is 24.6 Å². The molecular formula is C17H20O5. The van der Waals surface area contributed by atoms with E-state index in [4.69, 9.17) is 23.7 Å². The minimum atomic E-state index is -0.628. The van der Waals surface area contributed by atoms with Gasteiger partial charge in [-0.3, -0.25) is 0 Å². The topological polar surface area (TPSA) is 46.2 Å². The molecule has 0 aliphatic carbocycles. The predicted octanol–water partition coefficient (Wildman–Crippen LogP) is 2.32. The molecule has 4 rings (SSSR count). The predicted molar refractivity (Wildman–Crippen MR) is 78.8 cm³/mol. The van der Waals surface area contributed by atoms with Crippen LogP contribution >= 0.6 is 0 Å². The molecule has 5 nitrogen and oxygen atoms in total. The van der Waals surface area contributed by atoms with Crippen molar-refractivity contribution in [3.8, 4) is 0 Å². The van der Waals surface area contributed by atoms with Gasteiger partial charge in [-0.05, 0) is 25.5 Å². The van der Waals surface area contributed by atoms with Crippen molar-refractivity contribution in [1.29, 1.82) is 0 Å². The van der Waals surface area contributed by atoms with Crippen LogP contribution in [0.5, 0.6) is 0 Å². The second-order valence-electron chi connectivity index (χ2n) is 6.22. The van der Waals surface area contributed by atoms with Gasteiger partial charge in [0.25, 0.3) is 0 Å². The van der Waals surface area contributed by atoms with Gasteiger partial charge < -0.3 is 23.7 Å². The Kier molecular flexibility index (Phi) is 3.55. The van der Waals surface area contributed by atoms with E-state index in [9.17, 15) is 0 Å². The molecule has 0 bridgehead atoms. The second kappa shape index (κ2) is 5.44. The number of hydrogen-bond donors (Lipinski definition) is 0. The maximum atomic E-state index is 6.00. The zero-order valence-corrected chi connectivity index (χ0v) is 12.7. The summed E-state index contributed by atoms with van der Waals surface area (Å²) in [5.41, 5.74) is 1.11. The summed E-state index contributed by atoms with van der Waals surface area (Å²) in [5, 5.41) is 0. The number of rotatable bonds is 2. The van der Waals surface area contributed by atoms with E-state index >= 15 is 0 Å². The number of hydrogen-bond acceptors (Lipinski definition) is 5. The van der Waals surface area contributed by atoms with Gasteiger partial charge in [0.2, 0.25) is 0 Å². The molecule has 3 heterocycles. The van der Waals surface area contributed by atoms with Gasteiger partial charge in [0.1, 0.15) is 18.3 Å². The van der Waals surface area contributed by atoms with Gasteiger partial charge in [-0.25, -0.2) is 0 Å². The lowest BCUT2D eigenvalue weighted by Crippen LogP contribution is -2.46. The first-order valence-electron chi connectivity index (χ1n) is 7.62. The monoisotopic (exact) mass is 304 g/mol. The van der Waals surface area contributed by atoms with E-state index < -0.39 is 12.1 Å². The lowest BCUT2D eigenvalue weighted by atomic mass is 10.1. The van der Waals surface area contributed by atoms with Crippen molar-refractivity contribution in [1.82, 2.24) is 0 Å². The van der Waals surface area contributed by atoms with Crippen LogP contribution in [0.15, 0.2) is 36.4 Å². The minimum absolute atomic E-state index is 0.132. The smallest absolute Gasteiger partial charge is 0.190 e. The molecule has 1 aromatic carbocycles. The third-order valence-corrected chi connectivity index (χ3v) is 4.05. The van der Waals surface area contributed by atoms with E-state index in [1.807, 2.05) is 56.3 Å². The maximum absolute atomic E-state index is 6.00. The van der Waals surface area contributed by atoms with Gasteiger partial charge in [0, 0.05) is 0 Å². The van der Waals surface area contributed by atoms with Crippen LogP contribution < -0.4 is 0 Å². The molecule has 0 aromatic heterocycles. The largest absolute Gasteiger partial charge is 0.346 e. The lowest BCUT2D eigenvalue weighted by Gasteiger charge is -2.33. The summed E-state index contributed by atoms with van der Waals surface area (Å²) in [6.07, 6.45) is 2.66. The first-order chi connectivity index (χ1) is 10.6. The van der Waals surface area contributed by atoms with E-state index in [1.165, 1.54) is 0 Å². The summed E-state index contributed by atoms with van der Waals surface area (Å²) >= 11 is 0. The molecule has 5 heteroatoms. The summed E-state index contributed by atoms with van der Waals surface area (Å²) in [6.45, 7) is 4.25. The van der Waals surface area contributed by atoms with Crippen LogP contribution in [0.3, 0.4) is 0 Å². The Bertz CT molecular complexity index is 555. The van der Waals surface area contributed by atoms with E-state index in [0.29, 0.717) is 6.61 Å². The van der Waals surface area contributed by atoms with Crippen molar-refractivity contribution in [3.05, 3.63) is 42.0 Å². The standard InChI is InChI=1S/C17H20O5/c1-17(2)21-15-14-12(19-16(15)22-17)10-18-13(20-14)9-8-11-6-4-3-5-7-11/h3-9,12-16H,10H2,1-2H3/b9-8+/t12-,13+,14+,15-,16-/m1/s1. The van der Waals surface area contributed by atoms with Crippen molar-refractivity contribution >= 4 is 6.08 Å². The highest BCUT2D eigenvalue weighted by molar-refractivity contribution is 5.49. The molecule has 3 saturated heterocycles. The number of ether oxygens (including phenoxy) is 5. The Labute approximate surface area is 129 Å². The van der Waals surface area contributed by atoms with Gasteiger partial charge in [-0.1, -0.05) is 36.4 Å². The highest BCUT2D eigenvalue weighted by Crippen LogP contribution is 2.40. The van der Waals surface area contributed by atoms with Crippen molar-refractivity contribution in [2.24, 2.45) is 0 Å². The Morgan fingerprint density at radius 3 is 2.68 bits per heavy atom. The molecule has 5 atom stereocenters. The Hall–Kier alpha value is -1.24. The summed E-state index contributed by atoms with van der Waals surface area (Å²) in [5.74, 6) is -0.628. The zero-order valence-electron chi connectivity index (χ0n) is 12.7. The van der Waals surface area contributed by atoms with Crippen LogP contribution in [0, 0.1) is 0 Å². The molecule has 0 saturated carbocycles. The highest BCUT2D eigenvalue weighted by atomic mass is 16.9. The maximum Gasteiger partial charge on any atom is 0.190 e. The molecule has 0 spiro atoms. The molecular weight excluding hydrogens is 284 g/mol. The van der Waals surface area contributed by atoms with Gasteiger partial charge in [-0.2, -0.15) is 0 Å². The highest BCUT2D eigenvalue weighted by Gasteiger charge is 2.57.